The van der Waals surface area contributed by atoms with Crippen LogP contribution in [0.15, 0.2) is 42.6 Å². The van der Waals surface area contributed by atoms with Gasteiger partial charge in [-0.25, -0.2) is 9.37 Å². The number of amides is 2. The summed E-state index contributed by atoms with van der Waals surface area (Å²) >= 11 is 6.32. The first-order valence-electron chi connectivity index (χ1n) is 12.6. The van der Waals surface area contributed by atoms with Crippen molar-refractivity contribution in [3.8, 4) is 0 Å². The van der Waals surface area contributed by atoms with E-state index in [2.05, 4.69) is 53.6 Å². The number of hydrogen-bond donors (Lipinski definition) is 3. The van der Waals surface area contributed by atoms with Gasteiger partial charge in [-0.3, -0.25) is 9.59 Å². The number of rotatable bonds is 7. The van der Waals surface area contributed by atoms with Crippen molar-refractivity contribution in [1.29, 1.82) is 0 Å². The molecule has 3 aromatic rings. The highest BCUT2D eigenvalue weighted by Crippen LogP contribution is 2.42. The number of hydrogen-bond acceptors (Lipinski definition) is 6. The largest absolute Gasteiger partial charge is 0.355 e. The Morgan fingerprint density at radius 3 is 2.71 bits per heavy atom. The van der Waals surface area contributed by atoms with E-state index in [0.29, 0.717) is 12.1 Å². The van der Waals surface area contributed by atoms with Gasteiger partial charge in [-0.05, 0) is 55.0 Å². The van der Waals surface area contributed by atoms with Crippen molar-refractivity contribution in [2.24, 2.45) is 0 Å². The van der Waals surface area contributed by atoms with Crippen molar-refractivity contribution in [3.05, 3.63) is 64.6 Å². The summed E-state index contributed by atoms with van der Waals surface area (Å²) in [5.74, 6) is -0.632. The van der Waals surface area contributed by atoms with Crippen molar-refractivity contribution in [3.63, 3.8) is 0 Å². The van der Waals surface area contributed by atoms with Crippen LogP contribution in [0.1, 0.15) is 62.9 Å². The molecule has 10 heteroatoms. The van der Waals surface area contributed by atoms with Crippen LogP contribution in [0.4, 0.5) is 33.2 Å². The van der Waals surface area contributed by atoms with Crippen molar-refractivity contribution in [1.82, 2.24) is 15.3 Å². The lowest BCUT2D eigenvalue weighted by Crippen LogP contribution is -2.38. The van der Waals surface area contributed by atoms with Crippen LogP contribution in [0.5, 0.6) is 0 Å². The number of nitrogens with zero attached hydrogens (tertiary/aromatic N) is 3. The molecule has 2 heterocycles. The Bertz CT molecular complexity index is 1380. The van der Waals surface area contributed by atoms with Gasteiger partial charge in [-0.2, -0.15) is 4.98 Å². The Hall–Kier alpha value is -3.72. The predicted octanol–water partition coefficient (Wildman–Crippen LogP) is 6.32. The summed E-state index contributed by atoms with van der Waals surface area (Å²) in [7, 11) is 1.47. The lowest BCUT2D eigenvalue weighted by Gasteiger charge is -2.31. The molecule has 0 aliphatic carbocycles. The molecule has 0 saturated heterocycles. The fraction of sp³-hybridized carbons (Fsp3) is 0.357. The lowest BCUT2D eigenvalue weighted by molar-refractivity contribution is -0.119. The fourth-order valence-corrected chi connectivity index (χ4v) is 4.73. The average molecular weight is 539 g/mol. The summed E-state index contributed by atoms with van der Waals surface area (Å²) in [5.41, 5.74) is 2.56. The Labute approximate surface area is 227 Å². The number of halogens is 2. The quantitative estimate of drug-likeness (QED) is 0.325. The number of carbonyl (C=O) groups is 2. The van der Waals surface area contributed by atoms with Gasteiger partial charge in [0.2, 0.25) is 11.9 Å². The van der Waals surface area contributed by atoms with Crippen LogP contribution in [0.2, 0.25) is 5.02 Å². The zero-order chi connectivity index (χ0) is 27.6. The van der Waals surface area contributed by atoms with Gasteiger partial charge in [-0.15, -0.1) is 0 Å². The average Bonchev–Trinajstić information content (AvgIpc) is 2.99. The summed E-state index contributed by atoms with van der Waals surface area (Å²) in [6, 6.07) is 10.1. The third-order valence-electron chi connectivity index (χ3n) is 6.98. The van der Waals surface area contributed by atoms with Gasteiger partial charge in [0.15, 0.2) is 5.82 Å². The molecule has 0 fully saturated rings. The molecule has 1 unspecified atom stereocenters. The van der Waals surface area contributed by atoms with Crippen LogP contribution in [0.3, 0.4) is 0 Å². The zero-order valence-electron chi connectivity index (χ0n) is 22.2. The highest BCUT2D eigenvalue weighted by molar-refractivity contribution is 6.33. The molecule has 1 aliphatic rings. The van der Waals surface area contributed by atoms with E-state index in [9.17, 15) is 14.0 Å². The maximum atomic E-state index is 14.7. The molecule has 1 aliphatic heterocycles. The molecule has 1 atom stereocenters. The number of benzene rings is 2. The van der Waals surface area contributed by atoms with E-state index >= 15 is 0 Å². The summed E-state index contributed by atoms with van der Waals surface area (Å²) in [6.07, 6.45) is 3.47. The summed E-state index contributed by atoms with van der Waals surface area (Å²) in [6.45, 7) is 8.43. The standard InChI is InChI=1S/C28H32ClFN6O2/c1-6-16(2)36-22-14-17(10-11-19(22)28(3,4)13-12-23(36)37)33-27-32-15-20(29)25(35-27)34-24-18(26(38)31-5)8-7-9-21(24)30/h7-11,14-16H,6,12-13H2,1-5H3,(H,31,38)(H2,32,33,34,35). The molecule has 0 spiro atoms. The third-order valence-corrected chi connectivity index (χ3v) is 7.26. The molecule has 3 N–H and O–H groups in total. The molecule has 2 amide bonds. The maximum Gasteiger partial charge on any atom is 0.253 e. The lowest BCUT2D eigenvalue weighted by atomic mass is 9.80. The second-order valence-corrected chi connectivity index (χ2v) is 10.4. The van der Waals surface area contributed by atoms with Crippen molar-refractivity contribution >= 4 is 52.2 Å². The van der Waals surface area contributed by atoms with Crippen molar-refractivity contribution < 1.29 is 14.0 Å². The topological polar surface area (TPSA) is 99.3 Å². The predicted molar refractivity (Wildman–Crippen MR) is 149 cm³/mol. The first kappa shape index (κ1) is 27.3. The van der Waals surface area contributed by atoms with E-state index < -0.39 is 11.7 Å². The highest BCUT2D eigenvalue weighted by Gasteiger charge is 2.34. The van der Waals surface area contributed by atoms with Crippen LogP contribution in [0, 0.1) is 5.82 Å². The summed E-state index contributed by atoms with van der Waals surface area (Å²) < 4.78 is 14.7. The normalized spacial score (nSPS) is 15.3. The molecular weight excluding hydrogens is 507 g/mol. The number of nitrogens with one attached hydrogen (secondary N) is 3. The van der Waals surface area contributed by atoms with E-state index in [-0.39, 0.29) is 45.4 Å². The molecule has 200 valence electrons. The molecule has 8 nitrogen and oxygen atoms in total. The molecular formula is C28H32ClFN6O2. The Balaban J connectivity index is 1.69. The highest BCUT2D eigenvalue weighted by atomic mass is 35.5. The molecule has 0 bridgehead atoms. The molecule has 38 heavy (non-hydrogen) atoms. The number of anilines is 5. The minimum Gasteiger partial charge on any atom is -0.355 e. The summed E-state index contributed by atoms with van der Waals surface area (Å²) in [4.78, 5) is 36.0. The minimum atomic E-state index is -0.626. The molecule has 0 radical (unpaired) electrons. The minimum absolute atomic E-state index is 0.0447. The Morgan fingerprint density at radius 2 is 2.00 bits per heavy atom. The van der Waals surface area contributed by atoms with Crippen LogP contribution >= 0.6 is 11.6 Å². The van der Waals surface area contributed by atoms with Gasteiger partial charge in [-0.1, -0.05) is 44.5 Å². The van der Waals surface area contributed by atoms with E-state index in [0.717, 1.165) is 24.1 Å². The van der Waals surface area contributed by atoms with Gasteiger partial charge < -0.3 is 20.9 Å². The van der Waals surface area contributed by atoms with Crippen LogP contribution in [-0.4, -0.2) is 34.9 Å². The number of para-hydroxylation sites is 1. The molecule has 4 rings (SSSR count). The van der Waals surface area contributed by atoms with E-state index in [4.69, 9.17) is 11.6 Å². The molecule has 2 aromatic carbocycles. The van der Waals surface area contributed by atoms with Gasteiger partial charge in [0.1, 0.15) is 10.8 Å². The Morgan fingerprint density at radius 1 is 1.24 bits per heavy atom. The monoisotopic (exact) mass is 538 g/mol. The second-order valence-electron chi connectivity index (χ2n) is 10.0. The smallest absolute Gasteiger partial charge is 0.253 e. The maximum absolute atomic E-state index is 14.7. The number of carbonyl (C=O) groups excluding carboxylic acids is 2. The van der Waals surface area contributed by atoms with Crippen LogP contribution in [-0.2, 0) is 10.2 Å². The first-order chi connectivity index (χ1) is 18.1. The van der Waals surface area contributed by atoms with Gasteiger partial charge in [0.25, 0.3) is 5.91 Å². The van der Waals surface area contributed by atoms with Gasteiger partial charge in [0.05, 0.1) is 17.4 Å². The second kappa shape index (κ2) is 10.9. The van der Waals surface area contributed by atoms with E-state index in [1.807, 2.05) is 23.1 Å². The molecule has 0 saturated carbocycles. The van der Waals surface area contributed by atoms with Gasteiger partial charge in [0, 0.05) is 30.9 Å². The molecule has 1 aromatic heterocycles. The first-order valence-corrected chi connectivity index (χ1v) is 13.0. The Kier molecular flexibility index (Phi) is 7.87. The third kappa shape index (κ3) is 5.43. The van der Waals surface area contributed by atoms with E-state index in [1.54, 1.807) is 0 Å². The zero-order valence-corrected chi connectivity index (χ0v) is 22.9. The number of fused-ring (bicyclic) bond motifs is 1. The van der Waals surface area contributed by atoms with Crippen LogP contribution < -0.4 is 20.9 Å². The summed E-state index contributed by atoms with van der Waals surface area (Å²) in [5, 5.41) is 8.67. The van der Waals surface area contributed by atoms with Crippen LogP contribution in [0.25, 0.3) is 0 Å². The number of aromatic nitrogens is 2. The van der Waals surface area contributed by atoms with Crippen molar-refractivity contribution in [2.75, 3.05) is 22.6 Å². The van der Waals surface area contributed by atoms with Crippen molar-refractivity contribution in [2.45, 2.75) is 58.4 Å². The van der Waals surface area contributed by atoms with E-state index in [1.165, 1.54) is 31.4 Å². The SMILES string of the molecule is CCC(C)N1C(=O)CCC(C)(C)c2ccc(Nc3ncc(Cl)c(Nc4c(F)cccc4C(=O)NC)n3)cc21. The van der Waals surface area contributed by atoms with Gasteiger partial charge >= 0.3 is 0 Å². The fourth-order valence-electron chi connectivity index (χ4n) is 4.59.